The molecule has 2 rings (SSSR count). The molecule has 23 heavy (non-hydrogen) atoms. The SMILES string of the molecule is CCN(CC(=O)NC1CCCC1)S(=O)(=O)c1ccc(OC)cc1. The summed E-state index contributed by atoms with van der Waals surface area (Å²) >= 11 is 0. The highest BCUT2D eigenvalue weighted by atomic mass is 32.2. The molecule has 1 aromatic carbocycles. The van der Waals surface area contributed by atoms with Gasteiger partial charge in [0, 0.05) is 12.6 Å². The second-order valence-electron chi connectivity index (χ2n) is 5.66. The van der Waals surface area contributed by atoms with Crippen LogP contribution in [0.1, 0.15) is 32.6 Å². The third-order valence-electron chi connectivity index (χ3n) is 4.09. The fourth-order valence-corrected chi connectivity index (χ4v) is 4.17. The molecule has 1 amide bonds. The lowest BCUT2D eigenvalue weighted by atomic mass is 10.2. The topological polar surface area (TPSA) is 75.7 Å². The second kappa shape index (κ2) is 7.79. The number of nitrogens with one attached hydrogen (secondary N) is 1. The molecule has 1 aromatic rings. The standard InChI is InChI=1S/C16H24N2O4S/c1-3-18(12-16(19)17-13-6-4-5-7-13)23(20,21)15-10-8-14(22-2)9-11-15/h8-11,13H,3-7,12H2,1-2H3,(H,17,19). The predicted octanol–water partition coefficient (Wildman–Crippen LogP) is 1.76. The number of benzene rings is 1. The molecular weight excluding hydrogens is 316 g/mol. The van der Waals surface area contributed by atoms with Gasteiger partial charge in [-0.05, 0) is 37.1 Å². The van der Waals surface area contributed by atoms with Crippen molar-refractivity contribution >= 4 is 15.9 Å². The highest BCUT2D eigenvalue weighted by molar-refractivity contribution is 7.89. The Hall–Kier alpha value is -1.60. The number of hydrogen-bond acceptors (Lipinski definition) is 4. The normalized spacial score (nSPS) is 15.8. The van der Waals surface area contributed by atoms with Gasteiger partial charge in [-0.15, -0.1) is 0 Å². The van der Waals surface area contributed by atoms with Crippen molar-refractivity contribution in [2.24, 2.45) is 0 Å². The van der Waals surface area contributed by atoms with Crippen LogP contribution in [0, 0.1) is 0 Å². The molecule has 1 N–H and O–H groups in total. The molecule has 0 atom stereocenters. The minimum Gasteiger partial charge on any atom is -0.497 e. The fourth-order valence-electron chi connectivity index (χ4n) is 2.77. The van der Waals surface area contributed by atoms with Crippen molar-refractivity contribution in [1.29, 1.82) is 0 Å². The van der Waals surface area contributed by atoms with Crippen molar-refractivity contribution < 1.29 is 17.9 Å². The van der Waals surface area contributed by atoms with Gasteiger partial charge in [-0.1, -0.05) is 19.8 Å². The molecule has 7 heteroatoms. The molecule has 0 saturated heterocycles. The van der Waals surface area contributed by atoms with Crippen molar-refractivity contribution in [1.82, 2.24) is 9.62 Å². The molecule has 6 nitrogen and oxygen atoms in total. The average Bonchev–Trinajstić information content (AvgIpc) is 3.05. The fraction of sp³-hybridized carbons (Fsp3) is 0.562. The van der Waals surface area contributed by atoms with E-state index in [1.54, 1.807) is 19.1 Å². The van der Waals surface area contributed by atoms with E-state index in [-0.39, 0.29) is 29.9 Å². The number of likely N-dealkylation sites (N-methyl/N-ethyl adjacent to an activating group) is 1. The van der Waals surface area contributed by atoms with Crippen LogP contribution in [-0.2, 0) is 14.8 Å². The highest BCUT2D eigenvalue weighted by Gasteiger charge is 2.26. The zero-order valence-corrected chi connectivity index (χ0v) is 14.4. The Labute approximate surface area is 137 Å². The molecule has 0 aliphatic heterocycles. The van der Waals surface area contributed by atoms with Gasteiger partial charge in [0.05, 0.1) is 18.6 Å². The first-order chi connectivity index (χ1) is 11.0. The van der Waals surface area contributed by atoms with Crippen LogP contribution in [0.3, 0.4) is 0 Å². The molecule has 0 bridgehead atoms. The van der Waals surface area contributed by atoms with E-state index in [0.717, 1.165) is 25.7 Å². The minimum absolute atomic E-state index is 0.151. The lowest BCUT2D eigenvalue weighted by Crippen LogP contribution is -2.43. The van der Waals surface area contributed by atoms with Gasteiger partial charge in [-0.3, -0.25) is 4.79 Å². The summed E-state index contributed by atoms with van der Waals surface area (Å²) in [6.07, 6.45) is 4.19. The van der Waals surface area contributed by atoms with Gasteiger partial charge in [0.2, 0.25) is 15.9 Å². The maximum absolute atomic E-state index is 12.6. The highest BCUT2D eigenvalue weighted by Crippen LogP contribution is 2.20. The summed E-state index contributed by atoms with van der Waals surface area (Å²) < 4.78 is 31.5. The predicted molar refractivity (Wildman–Crippen MR) is 87.8 cm³/mol. The maximum atomic E-state index is 12.6. The largest absolute Gasteiger partial charge is 0.497 e. The Bertz CT molecular complexity index is 622. The van der Waals surface area contributed by atoms with E-state index in [1.165, 1.54) is 23.5 Å². The van der Waals surface area contributed by atoms with Gasteiger partial charge in [-0.2, -0.15) is 4.31 Å². The Morgan fingerprint density at radius 2 is 1.87 bits per heavy atom. The number of sulfonamides is 1. The summed E-state index contributed by atoms with van der Waals surface area (Å²) in [7, 11) is -2.16. The second-order valence-corrected chi connectivity index (χ2v) is 7.59. The van der Waals surface area contributed by atoms with Crippen LogP contribution in [-0.4, -0.2) is 44.9 Å². The molecule has 0 radical (unpaired) electrons. The summed E-state index contributed by atoms with van der Waals surface area (Å²) in [4.78, 5) is 12.3. The quantitative estimate of drug-likeness (QED) is 0.821. The molecule has 0 aromatic heterocycles. The summed E-state index contributed by atoms with van der Waals surface area (Å²) in [5.74, 6) is 0.349. The van der Waals surface area contributed by atoms with Crippen LogP contribution in [0.4, 0.5) is 0 Å². The Balaban J connectivity index is 2.06. The van der Waals surface area contributed by atoms with E-state index >= 15 is 0 Å². The van der Waals surface area contributed by atoms with Crippen LogP contribution in [0.15, 0.2) is 29.2 Å². The molecule has 0 spiro atoms. The van der Waals surface area contributed by atoms with Crippen molar-refractivity contribution in [2.45, 2.75) is 43.5 Å². The van der Waals surface area contributed by atoms with Gasteiger partial charge < -0.3 is 10.1 Å². The third-order valence-corrected chi connectivity index (χ3v) is 6.03. The molecule has 1 fully saturated rings. The van der Waals surface area contributed by atoms with Gasteiger partial charge in [0.1, 0.15) is 5.75 Å². The number of ether oxygens (including phenoxy) is 1. The number of methoxy groups -OCH3 is 1. The number of amides is 1. The lowest BCUT2D eigenvalue weighted by molar-refractivity contribution is -0.121. The smallest absolute Gasteiger partial charge is 0.243 e. The number of hydrogen-bond donors (Lipinski definition) is 1. The number of rotatable bonds is 7. The van der Waals surface area contributed by atoms with Crippen molar-refractivity contribution in [3.8, 4) is 5.75 Å². The molecule has 0 unspecified atom stereocenters. The Morgan fingerprint density at radius 3 is 2.39 bits per heavy atom. The monoisotopic (exact) mass is 340 g/mol. The van der Waals surface area contributed by atoms with E-state index in [4.69, 9.17) is 4.74 Å². The zero-order chi connectivity index (χ0) is 16.9. The third kappa shape index (κ3) is 4.45. The molecule has 1 aliphatic rings. The van der Waals surface area contributed by atoms with Crippen LogP contribution in [0.25, 0.3) is 0 Å². The van der Waals surface area contributed by atoms with E-state index in [0.29, 0.717) is 5.75 Å². The number of carbonyl (C=O) groups excluding carboxylic acids is 1. The molecular formula is C16H24N2O4S. The van der Waals surface area contributed by atoms with Crippen LogP contribution in [0.2, 0.25) is 0 Å². The minimum atomic E-state index is -3.69. The number of nitrogens with zero attached hydrogens (tertiary/aromatic N) is 1. The van der Waals surface area contributed by atoms with Crippen LogP contribution in [0.5, 0.6) is 5.75 Å². The zero-order valence-electron chi connectivity index (χ0n) is 13.6. The summed E-state index contributed by atoms with van der Waals surface area (Å²) in [6.45, 7) is 1.82. The van der Waals surface area contributed by atoms with Gasteiger partial charge in [-0.25, -0.2) is 8.42 Å². The van der Waals surface area contributed by atoms with Gasteiger partial charge in [0.25, 0.3) is 0 Å². The summed E-state index contributed by atoms with van der Waals surface area (Å²) in [5.41, 5.74) is 0. The molecule has 0 heterocycles. The maximum Gasteiger partial charge on any atom is 0.243 e. The van der Waals surface area contributed by atoms with Crippen molar-refractivity contribution in [3.05, 3.63) is 24.3 Å². The first kappa shape index (κ1) is 17.7. The molecule has 1 saturated carbocycles. The van der Waals surface area contributed by atoms with Crippen LogP contribution >= 0.6 is 0 Å². The van der Waals surface area contributed by atoms with E-state index in [9.17, 15) is 13.2 Å². The van der Waals surface area contributed by atoms with Gasteiger partial charge >= 0.3 is 0 Å². The van der Waals surface area contributed by atoms with Crippen molar-refractivity contribution in [3.63, 3.8) is 0 Å². The van der Waals surface area contributed by atoms with E-state index in [2.05, 4.69) is 5.32 Å². The van der Waals surface area contributed by atoms with E-state index in [1.807, 2.05) is 0 Å². The molecule has 1 aliphatic carbocycles. The summed E-state index contributed by atoms with van der Waals surface area (Å²) in [6, 6.07) is 6.36. The Kier molecular flexibility index (Phi) is 6.01. The average molecular weight is 340 g/mol. The molecule has 128 valence electrons. The first-order valence-electron chi connectivity index (χ1n) is 7.91. The van der Waals surface area contributed by atoms with Gasteiger partial charge in [0.15, 0.2) is 0 Å². The summed E-state index contributed by atoms with van der Waals surface area (Å²) in [5, 5.41) is 2.92. The first-order valence-corrected chi connectivity index (χ1v) is 9.35. The van der Waals surface area contributed by atoms with E-state index < -0.39 is 10.0 Å². The van der Waals surface area contributed by atoms with Crippen molar-refractivity contribution in [2.75, 3.05) is 20.2 Å². The van der Waals surface area contributed by atoms with Crippen LogP contribution < -0.4 is 10.1 Å². The number of carbonyl (C=O) groups is 1. The lowest BCUT2D eigenvalue weighted by Gasteiger charge is -2.21. The Morgan fingerprint density at radius 1 is 1.26 bits per heavy atom.